The van der Waals surface area contributed by atoms with Gasteiger partial charge in [-0.2, -0.15) is 5.10 Å². The number of carbonyl (C=O) groups excluding carboxylic acids is 1. The van der Waals surface area contributed by atoms with Crippen molar-refractivity contribution >= 4 is 17.5 Å². The molecule has 0 unspecified atom stereocenters. The number of nitrogens with zero attached hydrogens (tertiary/aromatic N) is 5. The molecule has 3 heterocycles. The molecule has 9 heteroatoms. The summed E-state index contributed by atoms with van der Waals surface area (Å²) in [5.41, 5.74) is 3.46. The van der Waals surface area contributed by atoms with Crippen LogP contribution in [0, 0.1) is 0 Å². The summed E-state index contributed by atoms with van der Waals surface area (Å²) in [5, 5.41) is 5.23. The highest BCUT2D eigenvalue weighted by atomic mass is 35.5. The minimum atomic E-state index is -0.0980. The highest BCUT2D eigenvalue weighted by Crippen LogP contribution is 2.28. The predicted molar refractivity (Wildman–Crippen MR) is 111 cm³/mol. The van der Waals surface area contributed by atoms with E-state index in [9.17, 15) is 4.79 Å². The first-order valence-electron chi connectivity index (χ1n) is 9.69. The summed E-state index contributed by atoms with van der Waals surface area (Å²) in [6, 6.07) is 5.05. The zero-order chi connectivity index (χ0) is 21.1. The van der Waals surface area contributed by atoms with E-state index < -0.39 is 0 Å². The van der Waals surface area contributed by atoms with Gasteiger partial charge in [0, 0.05) is 54.7 Å². The van der Waals surface area contributed by atoms with Crippen LogP contribution in [0.4, 0.5) is 0 Å². The van der Waals surface area contributed by atoms with Crippen LogP contribution in [0.15, 0.2) is 36.8 Å². The van der Waals surface area contributed by atoms with Crippen molar-refractivity contribution in [3.05, 3.63) is 64.3 Å². The van der Waals surface area contributed by atoms with Crippen molar-refractivity contribution in [1.82, 2.24) is 24.6 Å². The van der Waals surface area contributed by atoms with Crippen molar-refractivity contribution in [2.45, 2.75) is 33.0 Å². The molecular formula is C21H22ClN5O3. The second-order valence-electron chi connectivity index (χ2n) is 6.84. The summed E-state index contributed by atoms with van der Waals surface area (Å²) >= 11 is 6.04. The van der Waals surface area contributed by atoms with Crippen molar-refractivity contribution in [3.8, 4) is 11.6 Å². The fourth-order valence-corrected chi connectivity index (χ4v) is 3.79. The lowest BCUT2D eigenvalue weighted by Gasteiger charge is -2.28. The lowest BCUT2D eigenvalue weighted by molar-refractivity contribution is 0.0729. The van der Waals surface area contributed by atoms with Gasteiger partial charge in [0.2, 0.25) is 5.88 Å². The van der Waals surface area contributed by atoms with E-state index in [1.54, 1.807) is 36.8 Å². The monoisotopic (exact) mass is 427 g/mol. The summed E-state index contributed by atoms with van der Waals surface area (Å²) < 4.78 is 13.1. The fraction of sp³-hybridized carbons (Fsp3) is 0.333. The SMILES string of the molecule is CCn1nc(COc2cnccn2)c2c1CCN(C(=O)c1ccc(Cl)cc1OC)C2. The van der Waals surface area contributed by atoms with Gasteiger partial charge >= 0.3 is 0 Å². The van der Waals surface area contributed by atoms with Crippen LogP contribution in [0.2, 0.25) is 5.02 Å². The normalized spacial score (nSPS) is 13.1. The van der Waals surface area contributed by atoms with Crippen LogP contribution >= 0.6 is 11.6 Å². The van der Waals surface area contributed by atoms with Gasteiger partial charge in [-0.15, -0.1) is 0 Å². The lowest BCUT2D eigenvalue weighted by atomic mass is 10.0. The van der Waals surface area contributed by atoms with Crippen LogP contribution in [0.5, 0.6) is 11.6 Å². The van der Waals surface area contributed by atoms with Gasteiger partial charge in [0.1, 0.15) is 18.1 Å². The molecule has 2 aromatic heterocycles. The highest BCUT2D eigenvalue weighted by Gasteiger charge is 2.29. The van der Waals surface area contributed by atoms with E-state index in [0.717, 1.165) is 29.9 Å². The largest absolute Gasteiger partial charge is 0.496 e. The molecule has 0 saturated carbocycles. The van der Waals surface area contributed by atoms with Crippen LogP contribution in [0.1, 0.15) is 34.2 Å². The Bertz CT molecular complexity index is 1050. The summed E-state index contributed by atoms with van der Waals surface area (Å²) in [5.74, 6) is 0.805. The van der Waals surface area contributed by atoms with E-state index in [1.165, 1.54) is 7.11 Å². The fourth-order valence-electron chi connectivity index (χ4n) is 3.63. The van der Waals surface area contributed by atoms with E-state index in [2.05, 4.69) is 16.9 Å². The minimum Gasteiger partial charge on any atom is -0.496 e. The first-order chi connectivity index (χ1) is 14.6. The molecule has 0 atom stereocenters. The Kier molecular flexibility index (Phi) is 5.85. The molecule has 156 valence electrons. The number of ether oxygens (including phenoxy) is 2. The average molecular weight is 428 g/mol. The first kappa shape index (κ1) is 20.2. The topological polar surface area (TPSA) is 82.4 Å². The third kappa shape index (κ3) is 3.95. The smallest absolute Gasteiger partial charge is 0.257 e. The van der Waals surface area contributed by atoms with Gasteiger partial charge in [-0.05, 0) is 25.1 Å². The zero-order valence-corrected chi connectivity index (χ0v) is 17.6. The molecule has 0 radical (unpaired) electrons. The Morgan fingerprint density at radius 1 is 1.30 bits per heavy atom. The van der Waals surface area contributed by atoms with Crippen molar-refractivity contribution in [3.63, 3.8) is 0 Å². The Balaban J connectivity index is 1.58. The van der Waals surface area contributed by atoms with E-state index in [0.29, 0.717) is 35.3 Å². The molecule has 4 rings (SSSR count). The standard InChI is InChI=1S/C21H22ClN5O3/c1-3-27-18-6-9-26(21(28)15-5-4-14(22)10-19(15)29-2)12-16(18)17(25-27)13-30-20-11-23-7-8-24-20/h4-5,7-8,10-11H,3,6,9,12-13H2,1-2H3. The van der Waals surface area contributed by atoms with Crippen LogP contribution in [0.3, 0.4) is 0 Å². The van der Waals surface area contributed by atoms with Crippen molar-refractivity contribution in [2.24, 2.45) is 0 Å². The Morgan fingerprint density at radius 2 is 2.17 bits per heavy atom. The summed E-state index contributed by atoms with van der Waals surface area (Å²) in [6.07, 6.45) is 5.46. The van der Waals surface area contributed by atoms with E-state index in [4.69, 9.17) is 26.2 Å². The number of aryl methyl sites for hydroxylation is 1. The molecule has 0 N–H and O–H groups in total. The number of rotatable bonds is 6. The quantitative estimate of drug-likeness (QED) is 0.601. The van der Waals surface area contributed by atoms with E-state index in [1.807, 2.05) is 9.58 Å². The Morgan fingerprint density at radius 3 is 2.90 bits per heavy atom. The van der Waals surface area contributed by atoms with Crippen LogP contribution < -0.4 is 9.47 Å². The van der Waals surface area contributed by atoms with Gasteiger partial charge in [-0.1, -0.05) is 11.6 Å². The van der Waals surface area contributed by atoms with Crippen LogP contribution in [-0.2, 0) is 26.1 Å². The second kappa shape index (κ2) is 8.71. The van der Waals surface area contributed by atoms with Crippen molar-refractivity contribution in [1.29, 1.82) is 0 Å². The van der Waals surface area contributed by atoms with Crippen molar-refractivity contribution < 1.29 is 14.3 Å². The highest BCUT2D eigenvalue weighted by molar-refractivity contribution is 6.30. The van der Waals surface area contributed by atoms with Gasteiger partial charge in [0.15, 0.2) is 0 Å². The van der Waals surface area contributed by atoms with Crippen molar-refractivity contribution in [2.75, 3.05) is 13.7 Å². The zero-order valence-electron chi connectivity index (χ0n) is 16.8. The van der Waals surface area contributed by atoms with Gasteiger partial charge < -0.3 is 14.4 Å². The minimum absolute atomic E-state index is 0.0980. The molecule has 0 spiro atoms. The number of benzene rings is 1. The molecule has 1 amide bonds. The third-order valence-corrected chi connectivity index (χ3v) is 5.33. The van der Waals surface area contributed by atoms with Gasteiger partial charge in [0.25, 0.3) is 5.91 Å². The molecule has 8 nitrogen and oxygen atoms in total. The van der Waals surface area contributed by atoms with E-state index >= 15 is 0 Å². The lowest BCUT2D eigenvalue weighted by Crippen LogP contribution is -2.36. The number of hydrogen-bond donors (Lipinski definition) is 0. The Hall–Kier alpha value is -3.13. The number of aromatic nitrogens is 4. The molecule has 0 fully saturated rings. The number of fused-ring (bicyclic) bond motifs is 1. The summed E-state index contributed by atoms with van der Waals surface area (Å²) in [6.45, 7) is 4.14. The number of hydrogen-bond acceptors (Lipinski definition) is 6. The first-order valence-corrected chi connectivity index (χ1v) is 10.1. The third-order valence-electron chi connectivity index (χ3n) is 5.09. The summed E-state index contributed by atoms with van der Waals surface area (Å²) in [4.78, 5) is 23.1. The molecule has 0 saturated heterocycles. The number of amides is 1. The number of carbonyl (C=O) groups is 1. The number of methoxy groups -OCH3 is 1. The molecule has 0 bridgehead atoms. The second-order valence-corrected chi connectivity index (χ2v) is 7.28. The average Bonchev–Trinajstić information content (AvgIpc) is 3.15. The number of halogens is 1. The molecular weight excluding hydrogens is 406 g/mol. The molecule has 1 aromatic carbocycles. The molecule has 0 aliphatic carbocycles. The maximum Gasteiger partial charge on any atom is 0.257 e. The maximum atomic E-state index is 13.2. The molecule has 1 aliphatic rings. The van der Waals surface area contributed by atoms with Gasteiger partial charge in [-0.25, -0.2) is 4.98 Å². The van der Waals surface area contributed by atoms with Gasteiger partial charge in [-0.3, -0.25) is 14.5 Å². The molecule has 1 aliphatic heterocycles. The maximum absolute atomic E-state index is 13.2. The van der Waals surface area contributed by atoms with Gasteiger partial charge in [0.05, 0.1) is 18.9 Å². The van der Waals surface area contributed by atoms with Crippen LogP contribution in [-0.4, -0.2) is 44.2 Å². The van der Waals surface area contributed by atoms with Crippen LogP contribution in [0.25, 0.3) is 0 Å². The van der Waals surface area contributed by atoms with E-state index in [-0.39, 0.29) is 12.5 Å². The predicted octanol–water partition coefficient (Wildman–Crippen LogP) is 3.13. The molecule has 3 aromatic rings. The Labute approximate surface area is 179 Å². The molecule has 30 heavy (non-hydrogen) atoms. The summed E-state index contributed by atoms with van der Waals surface area (Å²) in [7, 11) is 1.53.